The van der Waals surface area contributed by atoms with Crippen molar-refractivity contribution in [3.05, 3.63) is 35.0 Å². The topological polar surface area (TPSA) is 54.6 Å². The number of likely N-dealkylation sites (tertiary alicyclic amines) is 1. The summed E-state index contributed by atoms with van der Waals surface area (Å²) < 4.78 is 11.3. The van der Waals surface area contributed by atoms with Gasteiger partial charge in [-0.2, -0.15) is 0 Å². The Morgan fingerprint density at radius 3 is 2.87 bits per heavy atom. The fourth-order valence-corrected chi connectivity index (χ4v) is 3.65. The summed E-state index contributed by atoms with van der Waals surface area (Å²) in [6, 6.07) is 7.44. The number of rotatable bonds is 2. The standard InChI is InChI=1S/C17H19ClN2O3/c18-12-4-5-13-11(9-12)10-14(19-13)16(21)20-6-2-1-3-15(20)17-22-7-8-23-17/h4-5,9-10,15,17,19H,1-3,6-8H2/t15-/m0/s1. The molecular formula is C17H19ClN2O3. The van der Waals surface area contributed by atoms with Crippen molar-refractivity contribution >= 4 is 28.4 Å². The number of hydrogen-bond acceptors (Lipinski definition) is 3. The van der Waals surface area contributed by atoms with E-state index in [1.165, 1.54) is 0 Å². The van der Waals surface area contributed by atoms with Gasteiger partial charge < -0.3 is 19.4 Å². The summed E-state index contributed by atoms with van der Waals surface area (Å²) in [6.07, 6.45) is 2.74. The molecule has 0 unspecified atom stereocenters. The van der Waals surface area contributed by atoms with E-state index in [2.05, 4.69) is 4.98 Å². The number of fused-ring (bicyclic) bond motifs is 1. The first-order chi connectivity index (χ1) is 11.2. The number of carbonyl (C=O) groups is 1. The van der Waals surface area contributed by atoms with Crippen molar-refractivity contribution in [1.29, 1.82) is 0 Å². The molecule has 2 aliphatic heterocycles. The molecule has 5 nitrogen and oxygen atoms in total. The number of aromatic amines is 1. The van der Waals surface area contributed by atoms with Gasteiger partial charge in [0.15, 0.2) is 6.29 Å². The van der Waals surface area contributed by atoms with Gasteiger partial charge in [-0.3, -0.25) is 4.79 Å². The maximum Gasteiger partial charge on any atom is 0.270 e. The zero-order chi connectivity index (χ0) is 15.8. The molecule has 23 heavy (non-hydrogen) atoms. The number of nitrogens with zero attached hydrogens (tertiary/aromatic N) is 1. The molecule has 2 aromatic rings. The third-order valence-electron chi connectivity index (χ3n) is 4.59. The molecule has 2 aliphatic rings. The van der Waals surface area contributed by atoms with Crippen LogP contribution in [0.5, 0.6) is 0 Å². The van der Waals surface area contributed by atoms with Crippen LogP contribution in [-0.2, 0) is 9.47 Å². The minimum atomic E-state index is -0.293. The second-order valence-corrected chi connectivity index (χ2v) is 6.52. The van der Waals surface area contributed by atoms with Gasteiger partial charge in [0, 0.05) is 22.5 Å². The summed E-state index contributed by atoms with van der Waals surface area (Å²) in [4.78, 5) is 18.1. The highest BCUT2D eigenvalue weighted by Gasteiger charge is 2.36. The quantitative estimate of drug-likeness (QED) is 0.917. The van der Waals surface area contributed by atoms with Gasteiger partial charge in [0.05, 0.1) is 19.3 Å². The molecule has 1 aromatic carbocycles. The maximum atomic E-state index is 13.0. The monoisotopic (exact) mass is 334 g/mol. The molecule has 0 saturated carbocycles. The van der Waals surface area contributed by atoms with Gasteiger partial charge in [-0.25, -0.2) is 0 Å². The number of halogens is 1. The third-order valence-corrected chi connectivity index (χ3v) is 4.82. The van der Waals surface area contributed by atoms with Crippen LogP contribution in [0.2, 0.25) is 5.02 Å². The molecular weight excluding hydrogens is 316 g/mol. The number of piperidine rings is 1. The SMILES string of the molecule is O=C(c1cc2cc(Cl)ccc2[nH]1)N1CCCC[C@H]1C1OCCO1. The van der Waals surface area contributed by atoms with Crippen LogP contribution in [-0.4, -0.2) is 47.9 Å². The van der Waals surface area contributed by atoms with Gasteiger partial charge in [0.1, 0.15) is 5.69 Å². The molecule has 0 spiro atoms. The van der Waals surface area contributed by atoms with Crippen molar-refractivity contribution in [2.24, 2.45) is 0 Å². The minimum Gasteiger partial charge on any atom is -0.351 e. The van der Waals surface area contributed by atoms with E-state index in [1.807, 2.05) is 29.2 Å². The Hall–Kier alpha value is -1.56. The lowest BCUT2D eigenvalue weighted by Gasteiger charge is -2.37. The van der Waals surface area contributed by atoms with Gasteiger partial charge in [0.2, 0.25) is 0 Å². The van der Waals surface area contributed by atoms with Crippen molar-refractivity contribution in [2.45, 2.75) is 31.6 Å². The average Bonchev–Trinajstić information content (AvgIpc) is 3.23. The van der Waals surface area contributed by atoms with Crippen molar-refractivity contribution in [3.63, 3.8) is 0 Å². The van der Waals surface area contributed by atoms with Gasteiger partial charge in [-0.05, 0) is 43.5 Å². The fraction of sp³-hybridized carbons (Fsp3) is 0.471. The lowest BCUT2D eigenvalue weighted by Crippen LogP contribution is -2.50. The number of benzene rings is 1. The van der Waals surface area contributed by atoms with Crippen LogP contribution < -0.4 is 0 Å². The molecule has 1 atom stereocenters. The van der Waals surface area contributed by atoms with E-state index in [0.717, 1.165) is 36.7 Å². The molecule has 2 fully saturated rings. The Bertz CT molecular complexity index is 724. The first-order valence-corrected chi connectivity index (χ1v) is 8.42. The van der Waals surface area contributed by atoms with Crippen LogP contribution in [0.3, 0.4) is 0 Å². The fourth-order valence-electron chi connectivity index (χ4n) is 3.46. The Kier molecular flexibility index (Phi) is 4.01. The smallest absolute Gasteiger partial charge is 0.270 e. The van der Waals surface area contributed by atoms with E-state index in [1.54, 1.807) is 0 Å². The predicted molar refractivity (Wildman–Crippen MR) is 87.7 cm³/mol. The molecule has 0 aliphatic carbocycles. The molecule has 0 radical (unpaired) electrons. The number of hydrogen-bond donors (Lipinski definition) is 1. The number of ether oxygens (including phenoxy) is 2. The summed E-state index contributed by atoms with van der Waals surface area (Å²) in [5.74, 6) is 0.00104. The summed E-state index contributed by atoms with van der Waals surface area (Å²) >= 11 is 6.02. The zero-order valence-corrected chi connectivity index (χ0v) is 13.5. The lowest BCUT2D eigenvalue weighted by molar-refractivity contribution is -0.100. The summed E-state index contributed by atoms with van der Waals surface area (Å²) in [5, 5.41) is 1.61. The number of carbonyl (C=O) groups excluding carboxylic acids is 1. The number of aromatic nitrogens is 1. The average molecular weight is 335 g/mol. The highest BCUT2D eigenvalue weighted by atomic mass is 35.5. The number of amides is 1. The van der Waals surface area contributed by atoms with Gasteiger partial charge in [0.25, 0.3) is 5.91 Å². The molecule has 1 amide bonds. The molecule has 1 N–H and O–H groups in total. The first kappa shape index (κ1) is 15.0. The van der Waals surface area contributed by atoms with Crippen molar-refractivity contribution in [1.82, 2.24) is 9.88 Å². The molecule has 2 saturated heterocycles. The van der Waals surface area contributed by atoms with Crippen molar-refractivity contribution in [3.8, 4) is 0 Å². The Morgan fingerprint density at radius 2 is 2.04 bits per heavy atom. The van der Waals surface area contributed by atoms with Crippen molar-refractivity contribution in [2.75, 3.05) is 19.8 Å². The first-order valence-electron chi connectivity index (χ1n) is 8.05. The minimum absolute atomic E-state index is 0.00104. The summed E-state index contributed by atoms with van der Waals surface area (Å²) in [6.45, 7) is 1.95. The molecule has 3 heterocycles. The summed E-state index contributed by atoms with van der Waals surface area (Å²) in [7, 11) is 0. The van der Waals surface area contributed by atoms with Gasteiger partial charge in [-0.1, -0.05) is 11.6 Å². The third kappa shape index (κ3) is 2.84. The van der Waals surface area contributed by atoms with E-state index in [9.17, 15) is 4.79 Å². The second kappa shape index (κ2) is 6.15. The van der Waals surface area contributed by atoms with Crippen LogP contribution in [0.1, 0.15) is 29.8 Å². The molecule has 6 heteroatoms. The second-order valence-electron chi connectivity index (χ2n) is 6.09. The number of nitrogens with one attached hydrogen (secondary N) is 1. The van der Waals surface area contributed by atoms with Crippen LogP contribution in [0, 0.1) is 0 Å². The summed E-state index contributed by atoms with van der Waals surface area (Å²) in [5.41, 5.74) is 1.51. The normalized spacial score (nSPS) is 22.8. The van der Waals surface area contributed by atoms with Crippen molar-refractivity contribution < 1.29 is 14.3 Å². The Balaban J connectivity index is 1.62. The van der Waals surface area contributed by atoms with E-state index >= 15 is 0 Å². The zero-order valence-electron chi connectivity index (χ0n) is 12.8. The highest BCUT2D eigenvalue weighted by Crippen LogP contribution is 2.27. The van der Waals surface area contributed by atoms with E-state index in [-0.39, 0.29) is 18.2 Å². The van der Waals surface area contributed by atoms with E-state index in [4.69, 9.17) is 21.1 Å². The molecule has 122 valence electrons. The van der Waals surface area contributed by atoms with E-state index < -0.39 is 0 Å². The Labute approximate surface area is 139 Å². The largest absolute Gasteiger partial charge is 0.351 e. The maximum absolute atomic E-state index is 13.0. The van der Waals surface area contributed by atoms with Gasteiger partial charge in [-0.15, -0.1) is 0 Å². The lowest BCUT2D eigenvalue weighted by atomic mass is 10.0. The Morgan fingerprint density at radius 1 is 1.22 bits per heavy atom. The van der Waals surface area contributed by atoms with Crippen LogP contribution in [0.15, 0.2) is 24.3 Å². The molecule has 1 aromatic heterocycles. The predicted octanol–water partition coefficient (Wildman–Crippen LogP) is 3.19. The highest BCUT2D eigenvalue weighted by molar-refractivity contribution is 6.31. The molecule has 4 rings (SSSR count). The number of H-pyrrole nitrogens is 1. The van der Waals surface area contributed by atoms with Crippen LogP contribution >= 0.6 is 11.6 Å². The van der Waals surface area contributed by atoms with Crippen LogP contribution in [0.4, 0.5) is 0 Å². The molecule has 0 bridgehead atoms. The van der Waals surface area contributed by atoms with Gasteiger partial charge >= 0.3 is 0 Å². The van der Waals surface area contributed by atoms with Crippen LogP contribution in [0.25, 0.3) is 10.9 Å². The van der Waals surface area contributed by atoms with E-state index in [0.29, 0.717) is 23.9 Å².